The van der Waals surface area contributed by atoms with E-state index < -0.39 is 5.97 Å². The molecule has 3 nitrogen and oxygen atoms in total. The number of rotatable bonds is 5. The average molecular weight is 411 g/mol. The van der Waals surface area contributed by atoms with Crippen LogP contribution in [0.25, 0.3) is 11.1 Å². The maximum Gasteiger partial charge on any atom is 0.349 e. The van der Waals surface area contributed by atoms with E-state index in [1.165, 1.54) is 0 Å². The Morgan fingerprint density at radius 2 is 1.65 bits per heavy atom. The van der Waals surface area contributed by atoms with Crippen molar-refractivity contribution in [2.75, 3.05) is 6.61 Å². The number of ether oxygens (including phenoxy) is 2. The second-order valence-electron chi connectivity index (χ2n) is 6.04. The van der Waals surface area contributed by atoms with Gasteiger partial charge >= 0.3 is 5.97 Å². The molecule has 0 unspecified atom stereocenters. The molecule has 0 spiro atoms. The van der Waals surface area contributed by atoms with Gasteiger partial charge in [0.25, 0.3) is 0 Å². The zero-order valence-electron chi connectivity index (χ0n) is 14.7. The van der Waals surface area contributed by atoms with Crippen LogP contribution in [0.5, 0.6) is 11.5 Å². The van der Waals surface area contributed by atoms with Crippen LogP contribution in [0.3, 0.4) is 0 Å². The summed E-state index contributed by atoms with van der Waals surface area (Å²) >= 11 is 3.47. The summed E-state index contributed by atoms with van der Waals surface area (Å²) in [5.74, 6) is 0.721. The SMILES string of the molecule is Cc1ccc(C)c(OCC(=O)Oc2ccc(-c3ccccc3)cc2Br)c1. The highest BCUT2D eigenvalue weighted by Crippen LogP contribution is 2.31. The smallest absolute Gasteiger partial charge is 0.349 e. The van der Waals surface area contributed by atoms with Gasteiger partial charge in [0.1, 0.15) is 11.5 Å². The molecule has 0 aliphatic rings. The van der Waals surface area contributed by atoms with Gasteiger partial charge in [0, 0.05) is 0 Å². The average Bonchev–Trinajstić information content (AvgIpc) is 2.65. The number of esters is 1. The Morgan fingerprint density at radius 1 is 0.885 bits per heavy atom. The van der Waals surface area contributed by atoms with E-state index in [1.807, 2.05) is 74.5 Å². The lowest BCUT2D eigenvalue weighted by molar-refractivity contribution is -0.136. The molecule has 3 rings (SSSR count). The summed E-state index contributed by atoms with van der Waals surface area (Å²) in [5.41, 5.74) is 4.21. The first-order valence-electron chi connectivity index (χ1n) is 8.28. The molecule has 0 saturated heterocycles. The lowest BCUT2D eigenvalue weighted by Gasteiger charge is -2.11. The molecule has 0 heterocycles. The Morgan fingerprint density at radius 3 is 2.38 bits per heavy atom. The van der Waals surface area contributed by atoms with Crippen LogP contribution in [-0.4, -0.2) is 12.6 Å². The van der Waals surface area contributed by atoms with E-state index in [4.69, 9.17) is 9.47 Å². The summed E-state index contributed by atoms with van der Waals surface area (Å²) in [5, 5.41) is 0. The fourth-order valence-electron chi connectivity index (χ4n) is 2.55. The minimum Gasteiger partial charge on any atom is -0.482 e. The summed E-state index contributed by atoms with van der Waals surface area (Å²) in [6.45, 7) is 3.78. The largest absolute Gasteiger partial charge is 0.482 e. The fraction of sp³-hybridized carbons (Fsp3) is 0.136. The maximum absolute atomic E-state index is 12.1. The van der Waals surface area contributed by atoms with E-state index in [9.17, 15) is 4.79 Å². The first-order chi connectivity index (χ1) is 12.5. The Bertz CT molecular complexity index is 920. The van der Waals surface area contributed by atoms with E-state index in [-0.39, 0.29) is 6.61 Å². The van der Waals surface area contributed by atoms with Crippen LogP contribution in [0.15, 0.2) is 71.2 Å². The Hall–Kier alpha value is -2.59. The second-order valence-corrected chi connectivity index (χ2v) is 6.90. The third-order valence-corrected chi connectivity index (χ3v) is 4.57. The zero-order chi connectivity index (χ0) is 18.5. The lowest BCUT2D eigenvalue weighted by Crippen LogP contribution is -2.18. The van der Waals surface area contributed by atoms with E-state index in [2.05, 4.69) is 15.9 Å². The predicted molar refractivity (Wildman–Crippen MR) is 107 cm³/mol. The van der Waals surface area contributed by atoms with Crippen molar-refractivity contribution >= 4 is 21.9 Å². The summed E-state index contributed by atoms with van der Waals surface area (Å²) in [4.78, 5) is 12.1. The Labute approximate surface area is 161 Å². The van der Waals surface area contributed by atoms with Crippen LogP contribution in [-0.2, 0) is 4.79 Å². The van der Waals surface area contributed by atoms with Crippen LogP contribution in [0.4, 0.5) is 0 Å². The molecule has 132 valence electrons. The van der Waals surface area contributed by atoms with E-state index >= 15 is 0 Å². The first kappa shape index (κ1) is 18.2. The van der Waals surface area contributed by atoms with Crippen molar-refractivity contribution in [2.45, 2.75) is 13.8 Å². The maximum atomic E-state index is 12.1. The number of benzene rings is 3. The molecule has 0 radical (unpaired) electrons. The lowest BCUT2D eigenvalue weighted by atomic mass is 10.1. The van der Waals surface area contributed by atoms with Gasteiger partial charge < -0.3 is 9.47 Å². The van der Waals surface area contributed by atoms with Crippen molar-refractivity contribution in [1.29, 1.82) is 0 Å². The molecule has 0 bridgehead atoms. The monoisotopic (exact) mass is 410 g/mol. The number of carbonyl (C=O) groups excluding carboxylic acids is 1. The molecule has 3 aromatic carbocycles. The molecule has 0 saturated carbocycles. The molecule has 4 heteroatoms. The molecule has 0 N–H and O–H groups in total. The fourth-order valence-corrected chi connectivity index (χ4v) is 3.01. The molecule has 26 heavy (non-hydrogen) atoms. The number of halogens is 1. The Balaban J connectivity index is 1.65. The molecular formula is C22H19BrO3. The summed E-state index contributed by atoms with van der Waals surface area (Å²) in [7, 11) is 0. The molecule has 0 aromatic heterocycles. The third-order valence-electron chi connectivity index (χ3n) is 3.95. The topological polar surface area (TPSA) is 35.5 Å². The summed E-state index contributed by atoms with van der Waals surface area (Å²) in [6, 6.07) is 21.5. The molecule has 0 aliphatic heterocycles. The normalized spacial score (nSPS) is 10.4. The van der Waals surface area contributed by atoms with Crippen molar-refractivity contribution in [3.05, 3.63) is 82.3 Å². The van der Waals surface area contributed by atoms with Gasteiger partial charge in [-0.3, -0.25) is 0 Å². The van der Waals surface area contributed by atoms with Gasteiger partial charge in [-0.1, -0.05) is 48.5 Å². The van der Waals surface area contributed by atoms with Crippen molar-refractivity contribution in [1.82, 2.24) is 0 Å². The van der Waals surface area contributed by atoms with E-state index in [0.29, 0.717) is 11.5 Å². The Kier molecular flexibility index (Phi) is 5.74. The predicted octanol–water partition coefficient (Wildman–Crippen LogP) is 5.72. The minimum atomic E-state index is -0.445. The highest BCUT2D eigenvalue weighted by atomic mass is 79.9. The third kappa shape index (κ3) is 4.52. The first-order valence-corrected chi connectivity index (χ1v) is 9.08. The molecule has 0 aliphatic carbocycles. The molecule has 0 amide bonds. The van der Waals surface area contributed by atoms with Gasteiger partial charge in [-0.25, -0.2) is 4.79 Å². The molecular weight excluding hydrogens is 392 g/mol. The van der Waals surface area contributed by atoms with E-state index in [1.54, 1.807) is 6.07 Å². The van der Waals surface area contributed by atoms with Crippen LogP contribution >= 0.6 is 15.9 Å². The number of carbonyl (C=O) groups is 1. The van der Waals surface area contributed by atoms with Gasteiger partial charge in [0.05, 0.1) is 4.47 Å². The van der Waals surface area contributed by atoms with E-state index in [0.717, 1.165) is 26.7 Å². The summed E-state index contributed by atoms with van der Waals surface area (Å²) in [6.07, 6.45) is 0. The van der Waals surface area contributed by atoms with Gasteiger partial charge in [0.2, 0.25) is 0 Å². The summed E-state index contributed by atoms with van der Waals surface area (Å²) < 4.78 is 11.7. The van der Waals surface area contributed by atoms with Crippen LogP contribution in [0.1, 0.15) is 11.1 Å². The van der Waals surface area contributed by atoms with Crippen LogP contribution in [0, 0.1) is 13.8 Å². The van der Waals surface area contributed by atoms with Gasteiger partial charge in [-0.05, 0) is 70.2 Å². The minimum absolute atomic E-state index is 0.142. The van der Waals surface area contributed by atoms with Crippen molar-refractivity contribution in [3.63, 3.8) is 0 Å². The number of aryl methyl sites for hydroxylation is 2. The molecule has 0 atom stereocenters. The van der Waals surface area contributed by atoms with Crippen LogP contribution < -0.4 is 9.47 Å². The molecule has 3 aromatic rings. The molecule has 0 fully saturated rings. The zero-order valence-corrected chi connectivity index (χ0v) is 16.2. The second kappa shape index (κ2) is 8.19. The quantitative estimate of drug-likeness (QED) is 0.398. The standard InChI is InChI=1S/C22H19BrO3/c1-15-8-9-16(2)21(12-15)25-14-22(24)26-20-11-10-18(13-19(20)23)17-6-4-3-5-7-17/h3-13H,14H2,1-2H3. The highest BCUT2D eigenvalue weighted by molar-refractivity contribution is 9.10. The van der Waals surface area contributed by atoms with Crippen LogP contribution in [0.2, 0.25) is 0 Å². The van der Waals surface area contributed by atoms with Gasteiger partial charge in [-0.15, -0.1) is 0 Å². The van der Waals surface area contributed by atoms with Gasteiger partial charge in [0.15, 0.2) is 6.61 Å². The van der Waals surface area contributed by atoms with Crippen molar-refractivity contribution in [2.24, 2.45) is 0 Å². The highest BCUT2D eigenvalue weighted by Gasteiger charge is 2.11. The van der Waals surface area contributed by atoms with Crippen molar-refractivity contribution in [3.8, 4) is 22.6 Å². The van der Waals surface area contributed by atoms with Gasteiger partial charge in [-0.2, -0.15) is 0 Å². The number of hydrogen-bond donors (Lipinski definition) is 0. The van der Waals surface area contributed by atoms with Crippen molar-refractivity contribution < 1.29 is 14.3 Å². The number of hydrogen-bond acceptors (Lipinski definition) is 3.